The van der Waals surface area contributed by atoms with E-state index in [1.165, 1.54) is 25.1 Å². The summed E-state index contributed by atoms with van der Waals surface area (Å²) in [5.74, 6) is -1.24. The first-order valence-corrected chi connectivity index (χ1v) is 6.62. The molecule has 21 heavy (non-hydrogen) atoms. The minimum absolute atomic E-state index is 0.0186. The Balaban J connectivity index is 2.99. The maximum absolute atomic E-state index is 13.5. The zero-order chi connectivity index (χ0) is 16.4. The van der Waals surface area contributed by atoms with Crippen molar-refractivity contribution in [1.82, 2.24) is 0 Å². The van der Waals surface area contributed by atoms with Crippen molar-refractivity contribution in [3.05, 3.63) is 24.0 Å². The Hall–Kier alpha value is -1.95. The van der Waals surface area contributed by atoms with Crippen LogP contribution in [0.15, 0.2) is 18.2 Å². The van der Waals surface area contributed by atoms with E-state index in [-0.39, 0.29) is 17.5 Å². The first-order valence-electron chi connectivity index (χ1n) is 6.62. The molecule has 1 aromatic carbocycles. The fraction of sp³-hybridized carbons (Fsp3) is 0.467. The molecule has 0 aliphatic heterocycles. The summed E-state index contributed by atoms with van der Waals surface area (Å²) >= 11 is 0. The molecule has 0 bridgehead atoms. The fourth-order valence-electron chi connectivity index (χ4n) is 1.47. The molecule has 6 heteroatoms. The van der Waals surface area contributed by atoms with Crippen molar-refractivity contribution < 1.29 is 14.0 Å². The summed E-state index contributed by atoms with van der Waals surface area (Å²) < 4.78 is 13.5. The van der Waals surface area contributed by atoms with Crippen molar-refractivity contribution in [1.29, 1.82) is 0 Å². The van der Waals surface area contributed by atoms with E-state index in [1.807, 2.05) is 0 Å². The molecule has 1 rings (SSSR count). The highest BCUT2D eigenvalue weighted by atomic mass is 19.1. The van der Waals surface area contributed by atoms with Gasteiger partial charge in [-0.05, 0) is 45.9 Å². The number of benzene rings is 1. The molecule has 5 nitrogen and oxygen atoms in total. The van der Waals surface area contributed by atoms with Crippen LogP contribution in [0.2, 0.25) is 0 Å². The van der Waals surface area contributed by atoms with Crippen molar-refractivity contribution in [2.24, 2.45) is 11.1 Å². The molecule has 1 aromatic rings. The van der Waals surface area contributed by atoms with E-state index in [2.05, 4.69) is 10.6 Å². The van der Waals surface area contributed by atoms with Crippen LogP contribution in [-0.4, -0.2) is 17.4 Å². The second kappa shape index (κ2) is 5.81. The van der Waals surface area contributed by atoms with E-state index >= 15 is 0 Å². The molecule has 0 saturated heterocycles. The van der Waals surface area contributed by atoms with Crippen molar-refractivity contribution >= 4 is 23.2 Å². The normalized spacial score (nSPS) is 12.0. The molecular formula is C15H22FN3O2. The molecule has 0 atom stereocenters. The second-order valence-electron chi connectivity index (χ2n) is 6.18. The topological polar surface area (TPSA) is 84.2 Å². The summed E-state index contributed by atoms with van der Waals surface area (Å²) in [6.45, 7) is 8.28. The lowest BCUT2D eigenvalue weighted by Gasteiger charge is -2.36. The molecule has 0 spiro atoms. The van der Waals surface area contributed by atoms with E-state index in [1.54, 1.807) is 27.7 Å². The van der Waals surface area contributed by atoms with Crippen LogP contribution in [-0.2, 0) is 9.59 Å². The molecule has 0 saturated carbocycles. The summed E-state index contributed by atoms with van der Waals surface area (Å²) in [6, 6.07) is 3.98. The number of carbonyl (C=O) groups is 2. The molecular weight excluding hydrogens is 273 g/mol. The third-order valence-corrected chi connectivity index (χ3v) is 3.71. The van der Waals surface area contributed by atoms with E-state index < -0.39 is 16.8 Å². The van der Waals surface area contributed by atoms with Gasteiger partial charge in [0.05, 0.1) is 11.1 Å². The molecule has 2 amide bonds. The third kappa shape index (κ3) is 4.01. The van der Waals surface area contributed by atoms with Gasteiger partial charge in [-0.1, -0.05) is 0 Å². The van der Waals surface area contributed by atoms with Gasteiger partial charge in [0.1, 0.15) is 5.82 Å². The molecule has 116 valence electrons. The van der Waals surface area contributed by atoms with Crippen molar-refractivity contribution in [3.8, 4) is 0 Å². The molecule has 0 aromatic heterocycles. The zero-order valence-corrected chi connectivity index (χ0v) is 13.0. The Bertz CT molecular complexity index is 563. The van der Waals surface area contributed by atoms with Crippen LogP contribution in [0.4, 0.5) is 15.8 Å². The number of hydrogen-bond acceptors (Lipinski definition) is 3. The molecule has 0 radical (unpaired) electrons. The van der Waals surface area contributed by atoms with Gasteiger partial charge in [0.25, 0.3) is 0 Å². The number of hydrogen-bond donors (Lipinski definition) is 3. The van der Waals surface area contributed by atoms with Crippen LogP contribution in [0.5, 0.6) is 0 Å². The average Bonchev–Trinajstić information content (AvgIpc) is 2.31. The highest BCUT2D eigenvalue weighted by Gasteiger charge is 2.40. The summed E-state index contributed by atoms with van der Waals surface area (Å²) in [5, 5.41) is 5.06. The first kappa shape index (κ1) is 17.1. The number of rotatable bonds is 4. The van der Waals surface area contributed by atoms with Crippen molar-refractivity contribution in [2.45, 2.75) is 40.2 Å². The van der Waals surface area contributed by atoms with Gasteiger partial charge in [-0.3, -0.25) is 9.59 Å². The maximum Gasteiger partial charge on any atom is 0.231 e. The third-order valence-electron chi connectivity index (χ3n) is 3.71. The van der Waals surface area contributed by atoms with Crippen LogP contribution >= 0.6 is 0 Å². The number of halogens is 1. The molecule has 0 unspecified atom stereocenters. The Morgan fingerprint density at radius 3 is 2.19 bits per heavy atom. The minimum Gasteiger partial charge on any atom is -0.325 e. The molecule has 0 aliphatic carbocycles. The molecule has 4 N–H and O–H groups in total. The minimum atomic E-state index is -0.824. The van der Waals surface area contributed by atoms with Gasteiger partial charge < -0.3 is 16.4 Å². The second-order valence-corrected chi connectivity index (χ2v) is 6.18. The standard InChI is InChI=1S/C15H22FN3O2/c1-9(20)18-12-8-10(6-7-11(12)16)19-13(21)14(2,3)15(4,5)17/h6-8H,17H2,1-5H3,(H,18,20)(H,19,21). The van der Waals surface area contributed by atoms with Crippen LogP contribution < -0.4 is 16.4 Å². The zero-order valence-electron chi connectivity index (χ0n) is 13.0. The van der Waals surface area contributed by atoms with Gasteiger partial charge >= 0.3 is 0 Å². The van der Waals surface area contributed by atoms with Gasteiger partial charge in [0.15, 0.2) is 0 Å². The van der Waals surface area contributed by atoms with Crippen molar-refractivity contribution in [3.63, 3.8) is 0 Å². The molecule has 0 fully saturated rings. The van der Waals surface area contributed by atoms with Crippen LogP contribution in [0.25, 0.3) is 0 Å². The highest BCUT2D eigenvalue weighted by Crippen LogP contribution is 2.30. The Labute approximate surface area is 124 Å². The van der Waals surface area contributed by atoms with E-state index in [0.717, 1.165) is 0 Å². The maximum atomic E-state index is 13.5. The first-order chi connectivity index (χ1) is 9.45. The van der Waals surface area contributed by atoms with Crippen molar-refractivity contribution in [2.75, 3.05) is 10.6 Å². The summed E-state index contributed by atoms with van der Waals surface area (Å²) in [7, 11) is 0. The summed E-state index contributed by atoms with van der Waals surface area (Å²) in [4.78, 5) is 23.3. The predicted octanol–water partition coefficient (Wildman–Crippen LogP) is 2.49. The van der Waals surface area contributed by atoms with Gasteiger partial charge in [-0.15, -0.1) is 0 Å². The number of amides is 2. The largest absolute Gasteiger partial charge is 0.325 e. The SMILES string of the molecule is CC(=O)Nc1cc(NC(=O)C(C)(C)C(C)(C)N)ccc1F. The summed E-state index contributed by atoms with van der Waals surface area (Å²) in [6.07, 6.45) is 0. The fourth-order valence-corrected chi connectivity index (χ4v) is 1.47. The van der Waals surface area contributed by atoms with E-state index in [0.29, 0.717) is 5.69 Å². The lowest BCUT2D eigenvalue weighted by atomic mass is 9.74. The lowest BCUT2D eigenvalue weighted by Crippen LogP contribution is -2.53. The van der Waals surface area contributed by atoms with Gasteiger partial charge in [-0.2, -0.15) is 0 Å². The van der Waals surface area contributed by atoms with Crippen LogP contribution in [0, 0.1) is 11.2 Å². The Kier molecular flexibility index (Phi) is 4.73. The number of anilines is 2. The smallest absolute Gasteiger partial charge is 0.231 e. The lowest BCUT2D eigenvalue weighted by molar-refractivity contribution is -0.126. The molecule has 0 heterocycles. The van der Waals surface area contributed by atoms with Gasteiger partial charge in [0.2, 0.25) is 11.8 Å². The number of nitrogens with two attached hydrogens (primary N) is 1. The number of carbonyl (C=O) groups excluding carboxylic acids is 2. The van der Waals surface area contributed by atoms with Gasteiger partial charge in [0, 0.05) is 18.2 Å². The Morgan fingerprint density at radius 2 is 1.71 bits per heavy atom. The average molecular weight is 295 g/mol. The number of nitrogens with one attached hydrogen (secondary N) is 2. The van der Waals surface area contributed by atoms with Crippen LogP contribution in [0.1, 0.15) is 34.6 Å². The molecule has 0 aliphatic rings. The summed E-state index contributed by atoms with van der Waals surface area (Å²) in [5.41, 5.74) is 4.87. The van der Waals surface area contributed by atoms with E-state index in [4.69, 9.17) is 5.73 Å². The quantitative estimate of drug-likeness (QED) is 0.798. The van der Waals surface area contributed by atoms with Gasteiger partial charge in [-0.25, -0.2) is 4.39 Å². The van der Waals surface area contributed by atoms with E-state index in [9.17, 15) is 14.0 Å². The predicted molar refractivity (Wildman–Crippen MR) is 81.4 cm³/mol. The highest BCUT2D eigenvalue weighted by molar-refractivity contribution is 5.97. The monoisotopic (exact) mass is 295 g/mol. The Morgan fingerprint density at radius 1 is 1.14 bits per heavy atom. The van der Waals surface area contributed by atoms with Crippen LogP contribution in [0.3, 0.4) is 0 Å².